The van der Waals surface area contributed by atoms with Crippen LogP contribution in [-0.4, -0.2) is 23.3 Å². The number of nitrogens with one attached hydrogen (secondary N) is 1. The van der Waals surface area contributed by atoms with Gasteiger partial charge in [0, 0.05) is 12.1 Å². The number of nitro groups is 1. The van der Waals surface area contributed by atoms with Crippen LogP contribution in [0.1, 0.15) is 5.56 Å². The molecule has 0 bridgehead atoms. The molecule has 0 aliphatic heterocycles. The summed E-state index contributed by atoms with van der Waals surface area (Å²) in [5.74, 6) is -0.113. The van der Waals surface area contributed by atoms with Gasteiger partial charge >= 0.3 is 0 Å². The number of anilines is 1. The minimum atomic E-state index is -4.04. The van der Waals surface area contributed by atoms with Crippen LogP contribution in [0, 0.1) is 17.0 Å². The zero-order valence-corrected chi connectivity index (χ0v) is 14.4. The summed E-state index contributed by atoms with van der Waals surface area (Å²) in [7, 11) is -4.04. The van der Waals surface area contributed by atoms with E-state index in [2.05, 4.69) is 14.7 Å². The summed E-state index contributed by atoms with van der Waals surface area (Å²) in [6.45, 7) is 1.47. The average Bonchev–Trinajstić information content (AvgIpc) is 2.55. The molecular formula is C15H11ClN4O4S. The van der Waals surface area contributed by atoms with E-state index in [-0.39, 0.29) is 27.1 Å². The van der Waals surface area contributed by atoms with Crippen LogP contribution in [0.5, 0.6) is 0 Å². The SMILES string of the molecule is Cc1cc([N+](=O)[O-])ccc1S(=O)(=O)Nc1nc2ccccc2nc1Cl. The van der Waals surface area contributed by atoms with E-state index in [4.69, 9.17) is 11.6 Å². The minimum Gasteiger partial charge on any atom is -0.261 e. The molecule has 3 rings (SSSR count). The van der Waals surface area contributed by atoms with Crippen LogP contribution in [-0.2, 0) is 10.0 Å². The highest BCUT2D eigenvalue weighted by Gasteiger charge is 2.21. The number of nitro benzene ring substituents is 1. The van der Waals surface area contributed by atoms with Crippen LogP contribution < -0.4 is 4.72 Å². The first-order chi connectivity index (χ1) is 11.8. The topological polar surface area (TPSA) is 115 Å². The van der Waals surface area contributed by atoms with E-state index in [9.17, 15) is 18.5 Å². The molecule has 10 heteroatoms. The second-order valence-electron chi connectivity index (χ2n) is 5.16. The van der Waals surface area contributed by atoms with Crippen molar-refractivity contribution in [3.63, 3.8) is 0 Å². The molecule has 0 aliphatic rings. The number of sulfonamides is 1. The van der Waals surface area contributed by atoms with Gasteiger partial charge in [-0.15, -0.1) is 0 Å². The Labute approximate surface area is 147 Å². The van der Waals surface area contributed by atoms with Crippen LogP contribution in [0.3, 0.4) is 0 Å². The zero-order chi connectivity index (χ0) is 18.2. The Bertz CT molecular complexity index is 1100. The number of benzene rings is 2. The molecular weight excluding hydrogens is 368 g/mol. The van der Waals surface area contributed by atoms with Crippen molar-refractivity contribution >= 4 is 44.2 Å². The maximum atomic E-state index is 12.6. The number of nitrogens with zero attached hydrogens (tertiary/aromatic N) is 3. The molecule has 0 radical (unpaired) electrons. The molecule has 0 fully saturated rings. The largest absolute Gasteiger partial charge is 0.269 e. The van der Waals surface area contributed by atoms with Gasteiger partial charge in [0.2, 0.25) is 0 Å². The van der Waals surface area contributed by atoms with Crippen molar-refractivity contribution in [2.75, 3.05) is 4.72 Å². The Balaban J connectivity index is 2.02. The summed E-state index contributed by atoms with van der Waals surface area (Å²) in [4.78, 5) is 18.3. The molecule has 8 nitrogen and oxygen atoms in total. The fourth-order valence-corrected chi connectivity index (χ4v) is 3.75. The lowest BCUT2D eigenvalue weighted by Gasteiger charge is -2.11. The number of hydrogen-bond donors (Lipinski definition) is 1. The van der Waals surface area contributed by atoms with E-state index < -0.39 is 14.9 Å². The van der Waals surface area contributed by atoms with Crippen LogP contribution in [0.4, 0.5) is 11.5 Å². The van der Waals surface area contributed by atoms with Gasteiger partial charge in [-0.25, -0.2) is 18.4 Å². The lowest BCUT2D eigenvalue weighted by atomic mass is 10.2. The third-order valence-corrected chi connectivity index (χ3v) is 5.18. The average molecular weight is 379 g/mol. The van der Waals surface area contributed by atoms with Crippen molar-refractivity contribution in [2.45, 2.75) is 11.8 Å². The highest BCUT2D eigenvalue weighted by atomic mass is 35.5. The lowest BCUT2D eigenvalue weighted by Crippen LogP contribution is -2.16. The first kappa shape index (κ1) is 17.1. The highest BCUT2D eigenvalue weighted by Crippen LogP contribution is 2.26. The fraction of sp³-hybridized carbons (Fsp3) is 0.0667. The van der Waals surface area contributed by atoms with Crippen molar-refractivity contribution in [1.29, 1.82) is 0 Å². The Kier molecular flexibility index (Phi) is 4.27. The van der Waals surface area contributed by atoms with Crippen LogP contribution >= 0.6 is 11.6 Å². The molecule has 0 atom stereocenters. The van der Waals surface area contributed by atoms with E-state index in [1.807, 2.05) is 0 Å². The van der Waals surface area contributed by atoms with Crippen LogP contribution in [0.2, 0.25) is 5.15 Å². The Morgan fingerprint density at radius 2 is 1.76 bits per heavy atom. The highest BCUT2D eigenvalue weighted by molar-refractivity contribution is 7.92. The van der Waals surface area contributed by atoms with Gasteiger partial charge in [-0.1, -0.05) is 23.7 Å². The Hall–Kier alpha value is -2.78. The van der Waals surface area contributed by atoms with Gasteiger partial charge in [0.1, 0.15) is 0 Å². The summed E-state index contributed by atoms with van der Waals surface area (Å²) in [6, 6.07) is 10.3. The van der Waals surface area contributed by atoms with Gasteiger partial charge in [0.25, 0.3) is 15.7 Å². The van der Waals surface area contributed by atoms with E-state index in [0.717, 1.165) is 12.1 Å². The zero-order valence-electron chi connectivity index (χ0n) is 12.8. The maximum absolute atomic E-state index is 12.6. The Morgan fingerprint density at radius 3 is 2.36 bits per heavy atom. The number of aromatic nitrogens is 2. The van der Waals surface area contributed by atoms with Crippen molar-refractivity contribution in [3.8, 4) is 0 Å². The predicted octanol–water partition coefficient (Wildman–Crippen LogP) is 3.30. The van der Waals surface area contributed by atoms with Gasteiger partial charge < -0.3 is 0 Å². The summed E-state index contributed by atoms with van der Waals surface area (Å²) >= 11 is 6.01. The molecule has 0 amide bonds. The van der Waals surface area contributed by atoms with Gasteiger partial charge in [0.05, 0.1) is 20.9 Å². The molecule has 25 heavy (non-hydrogen) atoms. The molecule has 1 N–H and O–H groups in total. The summed E-state index contributed by atoms with van der Waals surface area (Å²) in [5.41, 5.74) is 1.04. The fourth-order valence-electron chi connectivity index (χ4n) is 2.27. The maximum Gasteiger partial charge on any atom is 0.269 e. The molecule has 1 heterocycles. The normalized spacial score (nSPS) is 11.4. The van der Waals surface area contributed by atoms with E-state index in [1.54, 1.807) is 24.3 Å². The van der Waals surface area contributed by atoms with Crippen molar-refractivity contribution < 1.29 is 13.3 Å². The minimum absolute atomic E-state index is 0.0955. The van der Waals surface area contributed by atoms with Gasteiger partial charge in [-0.2, -0.15) is 0 Å². The van der Waals surface area contributed by atoms with Gasteiger partial charge in [-0.3, -0.25) is 14.8 Å². The quantitative estimate of drug-likeness (QED) is 0.550. The van der Waals surface area contributed by atoms with Crippen LogP contribution in [0.15, 0.2) is 47.4 Å². The number of fused-ring (bicyclic) bond motifs is 1. The van der Waals surface area contributed by atoms with E-state index >= 15 is 0 Å². The second-order valence-corrected chi connectivity index (χ2v) is 7.17. The number of non-ortho nitro benzene ring substituents is 1. The van der Waals surface area contributed by atoms with Crippen molar-refractivity contribution in [1.82, 2.24) is 9.97 Å². The molecule has 0 aliphatic carbocycles. The van der Waals surface area contributed by atoms with Crippen molar-refractivity contribution in [2.24, 2.45) is 0 Å². The molecule has 3 aromatic rings. The van der Waals surface area contributed by atoms with E-state index in [1.165, 1.54) is 13.0 Å². The lowest BCUT2D eigenvalue weighted by molar-refractivity contribution is -0.385. The molecule has 2 aromatic carbocycles. The predicted molar refractivity (Wildman–Crippen MR) is 93.2 cm³/mol. The number of para-hydroxylation sites is 2. The number of halogens is 1. The molecule has 128 valence electrons. The van der Waals surface area contributed by atoms with Gasteiger partial charge in [-0.05, 0) is 30.7 Å². The Morgan fingerprint density at radius 1 is 1.12 bits per heavy atom. The standard InChI is InChI=1S/C15H11ClN4O4S/c1-9-8-10(20(21)22)6-7-13(9)25(23,24)19-15-14(16)17-11-4-2-3-5-12(11)18-15/h2-8H,1H3,(H,18,19). The van der Waals surface area contributed by atoms with E-state index in [0.29, 0.717) is 11.0 Å². The third-order valence-electron chi connectivity index (χ3n) is 3.42. The van der Waals surface area contributed by atoms with Gasteiger partial charge in [0.15, 0.2) is 11.0 Å². The number of rotatable bonds is 4. The molecule has 1 aromatic heterocycles. The second kappa shape index (κ2) is 6.26. The smallest absolute Gasteiger partial charge is 0.261 e. The summed E-state index contributed by atoms with van der Waals surface area (Å²) < 4.78 is 27.5. The van der Waals surface area contributed by atoms with Crippen molar-refractivity contribution in [3.05, 3.63) is 63.3 Å². The monoisotopic (exact) mass is 378 g/mol. The van der Waals surface area contributed by atoms with Crippen LogP contribution in [0.25, 0.3) is 11.0 Å². The molecule has 0 saturated heterocycles. The summed E-state index contributed by atoms with van der Waals surface area (Å²) in [5, 5.41) is 10.7. The molecule has 0 unspecified atom stereocenters. The third kappa shape index (κ3) is 3.37. The first-order valence-electron chi connectivity index (χ1n) is 6.98. The number of hydrogen-bond acceptors (Lipinski definition) is 6. The molecule has 0 saturated carbocycles. The molecule has 0 spiro atoms. The summed E-state index contributed by atoms with van der Waals surface area (Å²) in [6.07, 6.45) is 0. The number of aryl methyl sites for hydroxylation is 1. The first-order valence-corrected chi connectivity index (χ1v) is 8.84.